The molecule has 1 heterocycles. The van der Waals surface area contributed by atoms with E-state index in [1.165, 1.54) is 6.92 Å². The standard InChI is InChI=1S/C20H24N4O3/c1-14(2)11-24-15(3)19(10-22-24)23(20(26)13-27-16(4)25)12-18-7-5-6-17(8-18)9-21/h5-8,10,14H,11-13H2,1-4H3. The number of nitrogens with zero attached hydrogens (tertiary/aromatic N) is 4. The summed E-state index contributed by atoms with van der Waals surface area (Å²) in [6.45, 7) is 8.01. The number of rotatable bonds is 7. The molecule has 0 unspecified atom stereocenters. The predicted molar refractivity (Wildman–Crippen MR) is 101 cm³/mol. The van der Waals surface area contributed by atoms with E-state index in [0.29, 0.717) is 17.2 Å². The van der Waals surface area contributed by atoms with E-state index in [2.05, 4.69) is 25.0 Å². The monoisotopic (exact) mass is 368 g/mol. The summed E-state index contributed by atoms with van der Waals surface area (Å²) in [5.41, 5.74) is 2.85. The number of ether oxygens (including phenoxy) is 1. The van der Waals surface area contributed by atoms with E-state index in [-0.39, 0.29) is 19.1 Å². The van der Waals surface area contributed by atoms with Crippen LogP contribution in [0.25, 0.3) is 0 Å². The first-order valence-corrected chi connectivity index (χ1v) is 8.77. The van der Waals surface area contributed by atoms with Crippen LogP contribution in [0.1, 0.15) is 37.6 Å². The first kappa shape index (κ1) is 20.2. The number of carbonyl (C=O) groups is 2. The van der Waals surface area contributed by atoms with E-state index >= 15 is 0 Å². The Morgan fingerprint density at radius 3 is 2.74 bits per heavy atom. The van der Waals surface area contributed by atoms with Gasteiger partial charge in [-0.3, -0.25) is 14.3 Å². The van der Waals surface area contributed by atoms with E-state index in [4.69, 9.17) is 10.00 Å². The van der Waals surface area contributed by atoms with Gasteiger partial charge in [-0.25, -0.2) is 0 Å². The van der Waals surface area contributed by atoms with Crippen molar-refractivity contribution in [3.8, 4) is 6.07 Å². The Hall–Kier alpha value is -3.14. The molecule has 7 nitrogen and oxygen atoms in total. The number of hydrogen-bond acceptors (Lipinski definition) is 5. The van der Waals surface area contributed by atoms with Crippen LogP contribution in [0.5, 0.6) is 0 Å². The third-order valence-corrected chi connectivity index (χ3v) is 4.00. The molecule has 0 spiro atoms. The van der Waals surface area contributed by atoms with Crippen LogP contribution in [-0.4, -0.2) is 28.3 Å². The third-order valence-electron chi connectivity index (χ3n) is 4.00. The maximum absolute atomic E-state index is 12.7. The van der Waals surface area contributed by atoms with Gasteiger partial charge in [0.25, 0.3) is 5.91 Å². The summed E-state index contributed by atoms with van der Waals surface area (Å²) >= 11 is 0. The van der Waals surface area contributed by atoms with Gasteiger partial charge in [-0.1, -0.05) is 26.0 Å². The Kier molecular flexibility index (Phi) is 6.72. The molecule has 1 amide bonds. The molecule has 0 aliphatic heterocycles. The van der Waals surface area contributed by atoms with E-state index in [9.17, 15) is 9.59 Å². The zero-order valence-electron chi connectivity index (χ0n) is 16.1. The predicted octanol–water partition coefficient (Wildman–Crippen LogP) is 2.82. The second-order valence-corrected chi connectivity index (χ2v) is 6.76. The lowest BCUT2D eigenvalue weighted by atomic mass is 10.1. The van der Waals surface area contributed by atoms with E-state index in [0.717, 1.165) is 17.8 Å². The molecule has 7 heteroatoms. The molecule has 1 aromatic carbocycles. The molecule has 2 rings (SSSR count). The first-order valence-electron chi connectivity index (χ1n) is 8.77. The molecular weight excluding hydrogens is 344 g/mol. The normalized spacial score (nSPS) is 10.5. The molecule has 0 bridgehead atoms. The summed E-state index contributed by atoms with van der Waals surface area (Å²) in [7, 11) is 0. The molecule has 2 aromatic rings. The van der Waals surface area contributed by atoms with Crippen LogP contribution < -0.4 is 4.90 Å². The van der Waals surface area contributed by atoms with Crippen LogP contribution in [0.4, 0.5) is 5.69 Å². The molecule has 0 atom stereocenters. The molecule has 1 aromatic heterocycles. The number of aromatic nitrogens is 2. The van der Waals surface area contributed by atoms with Crippen molar-refractivity contribution < 1.29 is 14.3 Å². The maximum Gasteiger partial charge on any atom is 0.303 e. The number of esters is 1. The Labute approximate surface area is 159 Å². The number of benzene rings is 1. The molecule has 0 N–H and O–H groups in total. The number of amides is 1. The lowest BCUT2D eigenvalue weighted by Crippen LogP contribution is -2.34. The summed E-state index contributed by atoms with van der Waals surface area (Å²) in [5, 5.41) is 13.5. The average molecular weight is 368 g/mol. The largest absolute Gasteiger partial charge is 0.456 e. The third kappa shape index (κ3) is 5.42. The van der Waals surface area contributed by atoms with Crippen molar-refractivity contribution in [2.75, 3.05) is 11.5 Å². The second-order valence-electron chi connectivity index (χ2n) is 6.76. The summed E-state index contributed by atoms with van der Waals surface area (Å²) in [6.07, 6.45) is 1.65. The van der Waals surface area contributed by atoms with Crippen LogP contribution in [0.2, 0.25) is 0 Å². The van der Waals surface area contributed by atoms with Crippen molar-refractivity contribution in [1.82, 2.24) is 9.78 Å². The van der Waals surface area contributed by atoms with Crippen LogP contribution >= 0.6 is 0 Å². The minimum Gasteiger partial charge on any atom is -0.456 e. The van der Waals surface area contributed by atoms with Crippen molar-refractivity contribution in [2.45, 2.75) is 40.8 Å². The van der Waals surface area contributed by atoms with E-state index < -0.39 is 5.97 Å². The molecule has 0 aliphatic carbocycles. The number of nitriles is 1. The van der Waals surface area contributed by atoms with Gasteiger partial charge in [-0.05, 0) is 30.5 Å². The number of hydrogen-bond donors (Lipinski definition) is 0. The van der Waals surface area contributed by atoms with Crippen molar-refractivity contribution in [3.63, 3.8) is 0 Å². The van der Waals surface area contributed by atoms with Crippen molar-refractivity contribution in [2.24, 2.45) is 5.92 Å². The first-order chi connectivity index (χ1) is 12.8. The molecule has 0 fully saturated rings. The molecule has 0 radical (unpaired) electrons. The van der Waals surface area contributed by atoms with Crippen molar-refractivity contribution >= 4 is 17.6 Å². The highest BCUT2D eigenvalue weighted by Crippen LogP contribution is 2.23. The fraction of sp³-hybridized carbons (Fsp3) is 0.400. The lowest BCUT2D eigenvalue weighted by Gasteiger charge is -2.22. The summed E-state index contributed by atoms with van der Waals surface area (Å²) in [5.74, 6) is -0.448. The molecule has 0 saturated carbocycles. The smallest absolute Gasteiger partial charge is 0.303 e. The molecule has 142 valence electrons. The van der Waals surface area contributed by atoms with Gasteiger partial charge in [0.1, 0.15) is 0 Å². The number of carbonyl (C=O) groups excluding carboxylic acids is 2. The molecule has 27 heavy (non-hydrogen) atoms. The fourth-order valence-corrected chi connectivity index (χ4v) is 2.70. The van der Waals surface area contributed by atoms with Crippen LogP contribution in [0, 0.1) is 24.2 Å². The van der Waals surface area contributed by atoms with Gasteiger partial charge < -0.3 is 9.64 Å². The van der Waals surface area contributed by atoms with Crippen LogP contribution in [0.3, 0.4) is 0 Å². The lowest BCUT2D eigenvalue weighted by molar-refractivity contribution is -0.145. The SMILES string of the molecule is CC(=O)OCC(=O)N(Cc1cccc(C#N)c1)c1cnn(CC(C)C)c1C. The van der Waals surface area contributed by atoms with Gasteiger partial charge in [-0.15, -0.1) is 0 Å². The summed E-state index contributed by atoms with van der Waals surface area (Å²) < 4.78 is 6.75. The highest BCUT2D eigenvalue weighted by Gasteiger charge is 2.22. The minimum absolute atomic E-state index is 0.254. The van der Waals surface area contributed by atoms with Gasteiger partial charge in [0.15, 0.2) is 6.61 Å². The van der Waals surface area contributed by atoms with E-state index in [1.807, 2.05) is 17.7 Å². The second kappa shape index (κ2) is 8.99. The van der Waals surface area contributed by atoms with E-state index in [1.54, 1.807) is 29.3 Å². The Morgan fingerprint density at radius 1 is 1.37 bits per heavy atom. The Balaban J connectivity index is 2.34. The Bertz CT molecular complexity index is 864. The molecular formula is C20H24N4O3. The van der Waals surface area contributed by atoms with Gasteiger partial charge in [0.2, 0.25) is 0 Å². The maximum atomic E-state index is 12.7. The zero-order chi connectivity index (χ0) is 20.0. The van der Waals surface area contributed by atoms with Gasteiger partial charge >= 0.3 is 5.97 Å². The van der Waals surface area contributed by atoms with Gasteiger partial charge in [-0.2, -0.15) is 10.4 Å². The highest BCUT2D eigenvalue weighted by atomic mass is 16.5. The average Bonchev–Trinajstić information content (AvgIpc) is 2.97. The zero-order valence-corrected chi connectivity index (χ0v) is 16.1. The van der Waals surface area contributed by atoms with Crippen molar-refractivity contribution in [1.29, 1.82) is 5.26 Å². The van der Waals surface area contributed by atoms with Crippen LogP contribution in [-0.2, 0) is 27.4 Å². The van der Waals surface area contributed by atoms with Gasteiger partial charge in [0.05, 0.1) is 35.8 Å². The molecule has 0 aliphatic rings. The summed E-state index contributed by atoms with van der Waals surface area (Å²) in [4.78, 5) is 25.4. The van der Waals surface area contributed by atoms with Crippen molar-refractivity contribution in [3.05, 3.63) is 47.3 Å². The summed E-state index contributed by atoms with van der Waals surface area (Å²) in [6, 6.07) is 9.17. The number of anilines is 1. The molecule has 0 saturated heterocycles. The topological polar surface area (TPSA) is 88.2 Å². The Morgan fingerprint density at radius 2 is 2.11 bits per heavy atom. The quantitative estimate of drug-likeness (QED) is 0.701. The highest BCUT2D eigenvalue weighted by molar-refractivity contribution is 5.95. The van der Waals surface area contributed by atoms with Gasteiger partial charge in [0, 0.05) is 13.5 Å². The minimum atomic E-state index is -0.512. The fourth-order valence-electron chi connectivity index (χ4n) is 2.70. The van der Waals surface area contributed by atoms with Crippen LogP contribution in [0.15, 0.2) is 30.5 Å².